The standard InChI is InChI=1S/C15H12FN3O2S/c1-10-8-13(21-18-10)14(20)17-15-19(6-7-22-15)9-11-4-2-3-5-12(11)16/h2-8H,9H2,1H3. The summed E-state index contributed by atoms with van der Waals surface area (Å²) in [4.78, 5) is 16.5. The number of carbonyl (C=O) groups excluding carboxylic acids is 1. The Kier molecular flexibility index (Phi) is 3.97. The SMILES string of the molecule is Cc1cc(C(=O)N=c2sccn2Cc2ccccc2F)on1. The summed E-state index contributed by atoms with van der Waals surface area (Å²) in [7, 11) is 0. The molecule has 0 aliphatic rings. The van der Waals surface area contributed by atoms with Crippen LogP contribution in [0.1, 0.15) is 21.8 Å². The maximum absolute atomic E-state index is 13.7. The van der Waals surface area contributed by atoms with E-state index in [4.69, 9.17) is 4.52 Å². The Hall–Kier alpha value is -2.54. The predicted octanol–water partition coefficient (Wildman–Crippen LogP) is 2.77. The number of carbonyl (C=O) groups is 1. The lowest BCUT2D eigenvalue weighted by Crippen LogP contribution is -2.17. The first kappa shape index (κ1) is 14.4. The van der Waals surface area contributed by atoms with Crippen LogP contribution in [-0.2, 0) is 6.54 Å². The molecule has 0 N–H and O–H groups in total. The van der Waals surface area contributed by atoms with Crippen LogP contribution in [0.3, 0.4) is 0 Å². The van der Waals surface area contributed by atoms with Gasteiger partial charge in [-0.3, -0.25) is 4.79 Å². The number of aryl methyl sites for hydroxylation is 1. The lowest BCUT2D eigenvalue weighted by Gasteiger charge is -2.04. The molecule has 3 rings (SSSR count). The van der Waals surface area contributed by atoms with Crippen LogP contribution in [0.15, 0.2) is 51.4 Å². The zero-order valence-electron chi connectivity index (χ0n) is 11.7. The van der Waals surface area contributed by atoms with Gasteiger partial charge in [0.2, 0.25) is 5.76 Å². The number of hydrogen-bond donors (Lipinski definition) is 0. The minimum atomic E-state index is -0.509. The van der Waals surface area contributed by atoms with E-state index in [2.05, 4.69) is 10.1 Å². The van der Waals surface area contributed by atoms with E-state index in [1.54, 1.807) is 41.3 Å². The van der Waals surface area contributed by atoms with Crippen LogP contribution < -0.4 is 4.80 Å². The van der Waals surface area contributed by atoms with Crippen molar-refractivity contribution in [2.45, 2.75) is 13.5 Å². The zero-order chi connectivity index (χ0) is 15.5. The van der Waals surface area contributed by atoms with Gasteiger partial charge in [0, 0.05) is 23.2 Å². The van der Waals surface area contributed by atoms with E-state index < -0.39 is 5.91 Å². The molecule has 1 amide bonds. The Morgan fingerprint density at radius 2 is 2.27 bits per heavy atom. The number of hydrogen-bond acceptors (Lipinski definition) is 4. The predicted molar refractivity (Wildman–Crippen MR) is 78.9 cm³/mol. The monoisotopic (exact) mass is 317 g/mol. The Balaban J connectivity index is 1.90. The van der Waals surface area contributed by atoms with E-state index in [1.807, 2.05) is 0 Å². The molecule has 3 aromatic rings. The molecule has 0 spiro atoms. The second-order valence-corrected chi connectivity index (χ2v) is 5.53. The fraction of sp³-hybridized carbons (Fsp3) is 0.133. The zero-order valence-corrected chi connectivity index (χ0v) is 12.5. The molecule has 7 heteroatoms. The van der Waals surface area contributed by atoms with Gasteiger partial charge in [-0.2, -0.15) is 4.99 Å². The average molecular weight is 317 g/mol. The molecule has 0 aliphatic carbocycles. The van der Waals surface area contributed by atoms with Crippen molar-refractivity contribution in [2.75, 3.05) is 0 Å². The molecule has 112 valence electrons. The summed E-state index contributed by atoms with van der Waals surface area (Å²) in [5.74, 6) is -0.710. The van der Waals surface area contributed by atoms with Crippen molar-refractivity contribution >= 4 is 17.2 Å². The Labute approximate surface area is 129 Å². The fourth-order valence-electron chi connectivity index (χ4n) is 1.92. The third-order valence-electron chi connectivity index (χ3n) is 2.99. The molecule has 5 nitrogen and oxygen atoms in total. The van der Waals surface area contributed by atoms with E-state index >= 15 is 0 Å². The molecule has 0 radical (unpaired) electrons. The highest BCUT2D eigenvalue weighted by Crippen LogP contribution is 2.08. The molecule has 0 atom stereocenters. The maximum atomic E-state index is 13.7. The summed E-state index contributed by atoms with van der Waals surface area (Å²) >= 11 is 1.30. The molecule has 0 fully saturated rings. The normalized spacial score (nSPS) is 11.8. The summed E-state index contributed by atoms with van der Waals surface area (Å²) in [6.07, 6.45) is 1.76. The smallest absolute Gasteiger partial charge is 0.318 e. The van der Waals surface area contributed by atoms with Crippen molar-refractivity contribution in [1.29, 1.82) is 0 Å². The van der Waals surface area contributed by atoms with Crippen LogP contribution in [-0.4, -0.2) is 15.6 Å². The lowest BCUT2D eigenvalue weighted by molar-refractivity contribution is 0.0962. The highest BCUT2D eigenvalue weighted by atomic mass is 32.1. The van der Waals surface area contributed by atoms with Gasteiger partial charge in [-0.05, 0) is 13.0 Å². The molecule has 0 aliphatic heterocycles. The van der Waals surface area contributed by atoms with Gasteiger partial charge in [-0.25, -0.2) is 4.39 Å². The molecule has 2 aromatic heterocycles. The topological polar surface area (TPSA) is 60.4 Å². The van der Waals surface area contributed by atoms with E-state index in [0.29, 0.717) is 22.6 Å². The first-order chi connectivity index (χ1) is 10.6. The second kappa shape index (κ2) is 6.07. The number of halogens is 1. The molecule has 22 heavy (non-hydrogen) atoms. The van der Waals surface area contributed by atoms with Gasteiger partial charge < -0.3 is 9.09 Å². The average Bonchev–Trinajstić information content (AvgIpc) is 3.11. The molecule has 1 aromatic carbocycles. The van der Waals surface area contributed by atoms with Crippen molar-refractivity contribution in [3.05, 3.63) is 69.5 Å². The van der Waals surface area contributed by atoms with Crippen molar-refractivity contribution in [2.24, 2.45) is 4.99 Å². The third kappa shape index (κ3) is 3.04. The fourth-order valence-corrected chi connectivity index (χ4v) is 2.65. The van der Waals surface area contributed by atoms with Crippen LogP contribution in [0.25, 0.3) is 0 Å². The molecule has 0 saturated heterocycles. The quantitative estimate of drug-likeness (QED) is 0.746. The van der Waals surface area contributed by atoms with E-state index in [0.717, 1.165) is 0 Å². The molecular weight excluding hydrogens is 305 g/mol. The Morgan fingerprint density at radius 3 is 3.00 bits per heavy atom. The van der Waals surface area contributed by atoms with Crippen LogP contribution in [0.5, 0.6) is 0 Å². The Bertz CT molecular complexity index is 879. The van der Waals surface area contributed by atoms with Crippen molar-refractivity contribution in [1.82, 2.24) is 9.72 Å². The summed E-state index contributed by atoms with van der Waals surface area (Å²) in [6, 6.07) is 8.04. The number of rotatable bonds is 3. The minimum Gasteiger partial charge on any atom is -0.351 e. The lowest BCUT2D eigenvalue weighted by atomic mass is 10.2. The summed E-state index contributed by atoms with van der Waals surface area (Å²) < 4.78 is 20.3. The highest BCUT2D eigenvalue weighted by Gasteiger charge is 2.11. The summed E-state index contributed by atoms with van der Waals surface area (Å²) in [5, 5.41) is 5.45. The van der Waals surface area contributed by atoms with Crippen LogP contribution in [0.2, 0.25) is 0 Å². The van der Waals surface area contributed by atoms with Gasteiger partial charge >= 0.3 is 5.91 Å². The van der Waals surface area contributed by atoms with Crippen molar-refractivity contribution in [3.63, 3.8) is 0 Å². The highest BCUT2D eigenvalue weighted by molar-refractivity contribution is 7.07. The molecule has 0 unspecified atom stereocenters. The van der Waals surface area contributed by atoms with E-state index in [-0.39, 0.29) is 11.6 Å². The van der Waals surface area contributed by atoms with Gasteiger partial charge in [0.15, 0.2) is 4.80 Å². The summed E-state index contributed by atoms with van der Waals surface area (Å²) in [6.45, 7) is 2.03. The molecule has 0 bridgehead atoms. The van der Waals surface area contributed by atoms with Crippen LogP contribution in [0, 0.1) is 12.7 Å². The van der Waals surface area contributed by atoms with Crippen LogP contribution >= 0.6 is 11.3 Å². The third-order valence-corrected chi connectivity index (χ3v) is 3.79. The molecule has 0 saturated carbocycles. The first-order valence-corrected chi connectivity index (χ1v) is 7.41. The largest absolute Gasteiger partial charge is 0.351 e. The van der Waals surface area contributed by atoms with Crippen molar-refractivity contribution in [3.8, 4) is 0 Å². The van der Waals surface area contributed by atoms with E-state index in [9.17, 15) is 9.18 Å². The Morgan fingerprint density at radius 1 is 1.45 bits per heavy atom. The number of benzene rings is 1. The van der Waals surface area contributed by atoms with Gasteiger partial charge in [0.05, 0.1) is 12.2 Å². The minimum absolute atomic E-state index is 0.0864. The van der Waals surface area contributed by atoms with Crippen molar-refractivity contribution < 1.29 is 13.7 Å². The number of nitrogens with zero attached hydrogens (tertiary/aromatic N) is 3. The van der Waals surface area contributed by atoms with Gasteiger partial charge in [0.1, 0.15) is 5.82 Å². The molecular formula is C15H12FN3O2S. The first-order valence-electron chi connectivity index (χ1n) is 6.53. The van der Waals surface area contributed by atoms with E-state index in [1.165, 1.54) is 23.5 Å². The second-order valence-electron chi connectivity index (χ2n) is 4.65. The molecule has 2 heterocycles. The van der Waals surface area contributed by atoms with Gasteiger partial charge in [-0.1, -0.05) is 23.4 Å². The maximum Gasteiger partial charge on any atom is 0.318 e. The van der Waals surface area contributed by atoms with Gasteiger partial charge in [-0.15, -0.1) is 11.3 Å². The number of thiazole rings is 1. The number of amides is 1. The van der Waals surface area contributed by atoms with Gasteiger partial charge in [0.25, 0.3) is 0 Å². The summed E-state index contributed by atoms with van der Waals surface area (Å²) in [5.41, 5.74) is 1.15. The number of aromatic nitrogens is 2. The van der Waals surface area contributed by atoms with Crippen LogP contribution in [0.4, 0.5) is 4.39 Å².